The van der Waals surface area contributed by atoms with Gasteiger partial charge >= 0.3 is 0 Å². The Morgan fingerprint density at radius 2 is 2.38 bits per heavy atom. The topological polar surface area (TPSA) is 59.0 Å². The summed E-state index contributed by atoms with van der Waals surface area (Å²) in [6, 6.07) is 7.90. The minimum absolute atomic E-state index is 0.0576. The normalized spacial score (nSPS) is 19.8. The van der Waals surface area contributed by atoms with E-state index in [1.807, 2.05) is 25.1 Å². The van der Waals surface area contributed by atoms with E-state index >= 15 is 0 Å². The number of carbonyl (C=O) groups excluding carboxylic acids is 1. The first-order valence-corrected chi connectivity index (χ1v) is 8.43. The van der Waals surface area contributed by atoms with Gasteiger partial charge in [-0.3, -0.25) is 10.1 Å². The van der Waals surface area contributed by atoms with E-state index in [1.165, 1.54) is 0 Å². The average Bonchev–Trinajstić information content (AvgIpc) is 3.14. The number of amides is 1. The number of benzene rings is 1. The number of hydrogen-bond acceptors (Lipinski definition) is 4. The van der Waals surface area contributed by atoms with Crippen molar-refractivity contribution in [3.05, 3.63) is 30.1 Å². The molecular weight excluding hydrogens is 284 g/mol. The predicted molar refractivity (Wildman–Crippen MR) is 86.2 cm³/mol. The SMILES string of the molecule is CCn1c(C(C)NC(=O)C2CSCN2)nc2ccccc21. The van der Waals surface area contributed by atoms with Crippen LogP contribution in [0.3, 0.4) is 0 Å². The average molecular weight is 304 g/mol. The van der Waals surface area contributed by atoms with Gasteiger partial charge in [0.05, 0.1) is 23.1 Å². The summed E-state index contributed by atoms with van der Waals surface area (Å²) in [5.41, 5.74) is 2.09. The number of nitrogens with zero attached hydrogens (tertiary/aromatic N) is 2. The summed E-state index contributed by atoms with van der Waals surface area (Å²) in [5, 5.41) is 6.27. The first-order chi connectivity index (χ1) is 10.2. The van der Waals surface area contributed by atoms with Crippen LogP contribution in [0.1, 0.15) is 25.7 Å². The molecule has 2 aromatic rings. The van der Waals surface area contributed by atoms with E-state index in [4.69, 9.17) is 0 Å². The van der Waals surface area contributed by atoms with Crippen LogP contribution in [0.25, 0.3) is 11.0 Å². The Balaban J connectivity index is 1.83. The number of carbonyl (C=O) groups is 1. The fraction of sp³-hybridized carbons (Fsp3) is 0.467. The third-order valence-corrected chi connectivity index (χ3v) is 4.72. The van der Waals surface area contributed by atoms with E-state index in [0.717, 1.165) is 35.0 Å². The van der Waals surface area contributed by atoms with E-state index in [9.17, 15) is 4.79 Å². The van der Waals surface area contributed by atoms with Crippen molar-refractivity contribution >= 4 is 28.7 Å². The molecule has 0 spiro atoms. The van der Waals surface area contributed by atoms with Gasteiger partial charge in [-0.25, -0.2) is 4.98 Å². The number of thioether (sulfide) groups is 1. The largest absolute Gasteiger partial charge is 0.345 e. The number of hydrogen-bond donors (Lipinski definition) is 2. The van der Waals surface area contributed by atoms with Gasteiger partial charge in [0, 0.05) is 18.2 Å². The summed E-state index contributed by atoms with van der Waals surface area (Å²) in [4.78, 5) is 16.9. The van der Waals surface area contributed by atoms with Crippen LogP contribution in [0.4, 0.5) is 0 Å². The van der Waals surface area contributed by atoms with Crippen LogP contribution in [0.5, 0.6) is 0 Å². The molecule has 1 aromatic heterocycles. The molecule has 1 fully saturated rings. The van der Waals surface area contributed by atoms with Gasteiger partial charge in [-0.05, 0) is 26.0 Å². The number of fused-ring (bicyclic) bond motifs is 1. The van der Waals surface area contributed by atoms with Crippen LogP contribution in [-0.4, -0.2) is 33.1 Å². The second-order valence-electron chi connectivity index (χ2n) is 5.21. The molecule has 0 bridgehead atoms. The molecule has 0 aliphatic carbocycles. The van der Waals surface area contributed by atoms with Gasteiger partial charge in [0.1, 0.15) is 5.82 Å². The fourth-order valence-electron chi connectivity index (χ4n) is 2.70. The Hall–Kier alpha value is -1.53. The summed E-state index contributed by atoms with van der Waals surface area (Å²) in [7, 11) is 0. The minimum Gasteiger partial charge on any atom is -0.345 e. The molecule has 1 saturated heterocycles. The fourth-order valence-corrected chi connectivity index (χ4v) is 3.64. The number of rotatable bonds is 4. The van der Waals surface area contributed by atoms with Crippen molar-refractivity contribution in [2.75, 3.05) is 11.6 Å². The lowest BCUT2D eigenvalue weighted by atomic mass is 10.2. The Bertz CT molecular complexity index is 648. The van der Waals surface area contributed by atoms with Gasteiger partial charge in [0.25, 0.3) is 0 Å². The van der Waals surface area contributed by atoms with Crippen LogP contribution in [0.2, 0.25) is 0 Å². The molecule has 2 atom stereocenters. The summed E-state index contributed by atoms with van der Waals surface area (Å²) >= 11 is 1.75. The molecule has 1 aliphatic rings. The molecular formula is C15H20N4OS. The van der Waals surface area contributed by atoms with Crippen LogP contribution < -0.4 is 10.6 Å². The zero-order chi connectivity index (χ0) is 14.8. The van der Waals surface area contributed by atoms with Crippen LogP contribution in [-0.2, 0) is 11.3 Å². The summed E-state index contributed by atoms with van der Waals surface area (Å²) in [6.07, 6.45) is 0. The lowest BCUT2D eigenvalue weighted by molar-refractivity contribution is -0.123. The molecule has 112 valence electrons. The van der Waals surface area contributed by atoms with E-state index in [-0.39, 0.29) is 18.0 Å². The van der Waals surface area contributed by atoms with Gasteiger partial charge in [0.15, 0.2) is 0 Å². The third-order valence-electron chi connectivity index (χ3n) is 3.78. The minimum atomic E-state index is -0.0998. The molecule has 1 amide bonds. The second kappa shape index (κ2) is 6.07. The predicted octanol–water partition coefficient (Wildman–Crippen LogP) is 1.90. The maximum Gasteiger partial charge on any atom is 0.238 e. The maximum atomic E-state index is 12.2. The van der Waals surface area contributed by atoms with Crippen LogP contribution >= 0.6 is 11.8 Å². The lowest BCUT2D eigenvalue weighted by Gasteiger charge is -2.17. The molecule has 6 heteroatoms. The third kappa shape index (κ3) is 2.78. The van der Waals surface area contributed by atoms with E-state index < -0.39 is 0 Å². The molecule has 2 unspecified atom stereocenters. The summed E-state index contributed by atoms with van der Waals surface area (Å²) in [5.74, 6) is 2.66. The number of aryl methyl sites for hydroxylation is 1. The maximum absolute atomic E-state index is 12.2. The lowest BCUT2D eigenvalue weighted by Crippen LogP contribution is -2.43. The van der Waals surface area contributed by atoms with Crippen molar-refractivity contribution in [2.24, 2.45) is 0 Å². The monoisotopic (exact) mass is 304 g/mol. The van der Waals surface area contributed by atoms with E-state index in [2.05, 4.69) is 33.2 Å². The number of nitrogens with one attached hydrogen (secondary N) is 2. The molecule has 0 saturated carbocycles. The van der Waals surface area contributed by atoms with Crippen molar-refractivity contribution in [3.8, 4) is 0 Å². The standard InChI is InChI=1S/C15H20N4OS/c1-3-19-13-7-5-4-6-11(13)18-14(19)10(2)17-15(20)12-8-21-9-16-12/h4-7,10,12,16H,3,8-9H2,1-2H3,(H,17,20). The number of aromatic nitrogens is 2. The highest BCUT2D eigenvalue weighted by atomic mass is 32.2. The van der Waals surface area contributed by atoms with Crippen molar-refractivity contribution in [1.82, 2.24) is 20.2 Å². The molecule has 0 radical (unpaired) electrons. The highest BCUT2D eigenvalue weighted by Gasteiger charge is 2.25. The Labute approximate surface area is 128 Å². The number of imidazole rings is 1. The van der Waals surface area contributed by atoms with Gasteiger partial charge in [-0.15, -0.1) is 11.8 Å². The van der Waals surface area contributed by atoms with E-state index in [1.54, 1.807) is 11.8 Å². The quantitative estimate of drug-likeness (QED) is 0.906. The van der Waals surface area contributed by atoms with Crippen LogP contribution in [0, 0.1) is 0 Å². The van der Waals surface area contributed by atoms with Gasteiger partial charge < -0.3 is 9.88 Å². The summed E-state index contributed by atoms with van der Waals surface area (Å²) in [6.45, 7) is 4.93. The first kappa shape index (κ1) is 14.4. The van der Waals surface area contributed by atoms with Crippen molar-refractivity contribution in [1.29, 1.82) is 0 Å². The summed E-state index contributed by atoms with van der Waals surface area (Å²) < 4.78 is 2.16. The molecule has 2 heterocycles. The van der Waals surface area contributed by atoms with Crippen molar-refractivity contribution in [3.63, 3.8) is 0 Å². The van der Waals surface area contributed by atoms with E-state index in [0.29, 0.717) is 0 Å². The molecule has 21 heavy (non-hydrogen) atoms. The molecule has 1 aromatic carbocycles. The van der Waals surface area contributed by atoms with Gasteiger partial charge in [-0.2, -0.15) is 0 Å². The highest BCUT2D eigenvalue weighted by molar-refractivity contribution is 7.99. The zero-order valence-corrected chi connectivity index (χ0v) is 13.1. The second-order valence-corrected chi connectivity index (χ2v) is 6.24. The zero-order valence-electron chi connectivity index (χ0n) is 12.3. The highest BCUT2D eigenvalue weighted by Crippen LogP contribution is 2.21. The Morgan fingerprint density at radius 1 is 1.57 bits per heavy atom. The smallest absolute Gasteiger partial charge is 0.238 e. The van der Waals surface area contributed by atoms with Crippen molar-refractivity contribution in [2.45, 2.75) is 32.5 Å². The van der Waals surface area contributed by atoms with Gasteiger partial charge in [0.2, 0.25) is 5.91 Å². The molecule has 1 aliphatic heterocycles. The Morgan fingerprint density at radius 3 is 3.10 bits per heavy atom. The molecule has 5 nitrogen and oxygen atoms in total. The number of para-hydroxylation sites is 2. The van der Waals surface area contributed by atoms with Crippen molar-refractivity contribution < 1.29 is 4.79 Å². The molecule has 3 rings (SSSR count). The van der Waals surface area contributed by atoms with Crippen LogP contribution in [0.15, 0.2) is 24.3 Å². The van der Waals surface area contributed by atoms with Gasteiger partial charge in [-0.1, -0.05) is 12.1 Å². The first-order valence-electron chi connectivity index (χ1n) is 7.27. The molecule has 2 N–H and O–H groups in total. The Kier molecular flexibility index (Phi) is 4.17.